The number of methoxy groups -OCH3 is 1. The van der Waals surface area contributed by atoms with Crippen LogP contribution in [-0.4, -0.2) is 49.1 Å². The van der Waals surface area contributed by atoms with Gasteiger partial charge in [-0.05, 0) is 81.6 Å². The van der Waals surface area contributed by atoms with Gasteiger partial charge in [0.25, 0.3) is 5.91 Å². The molecule has 2 fully saturated rings. The van der Waals surface area contributed by atoms with Crippen LogP contribution < -0.4 is 14.8 Å². The fourth-order valence-electron chi connectivity index (χ4n) is 4.86. The zero-order valence-electron chi connectivity index (χ0n) is 19.6. The Kier molecular flexibility index (Phi) is 5.71. The number of nitrogens with zero attached hydrogens (tertiary/aromatic N) is 2. The van der Waals surface area contributed by atoms with Crippen LogP contribution in [0.5, 0.6) is 11.5 Å². The van der Waals surface area contributed by atoms with Gasteiger partial charge in [0.15, 0.2) is 0 Å². The predicted octanol–water partition coefficient (Wildman–Crippen LogP) is 4.44. The van der Waals surface area contributed by atoms with Crippen LogP contribution in [0.25, 0.3) is 10.9 Å². The molecule has 5 rings (SSSR count). The highest BCUT2D eigenvalue weighted by atomic mass is 16.5. The molecule has 1 saturated carbocycles. The second-order valence-corrected chi connectivity index (χ2v) is 9.35. The minimum Gasteiger partial charge on any atom is -0.497 e. The van der Waals surface area contributed by atoms with Crippen molar-refractivity contribution < 1.29 is 14.3 Å². The van der Waals surface area contributed by atoms with Crippen LogP contribution in [0.15, 0.2) is 48.7 Å². The van der Waals surface area contributed by atoms with E-state index in [2.05, 4.69) is 28.3 Å². The first-order valence-electron chi connectivity index (χ1n) is 11.7. The van der Waals surface area contributed by atoms with E-state index in [4.69, 9.17) is 9.47 Å². The summed E-state index contributed by atoms with van der Waals surface area (Å²) in [5.74, 6) is 1.42. The monoisotopic (exact) mass is 445 g/mol. The van der Waals surface area contributed by atoms with Crippen molar-refractivity contribution in [2.45, 2.75) is 44.2 Å². The number of aromatic nitrogens is 1. The summed E-state index contributed by atoms with van der Waals surface area (Å²) in [7, 11) is 3.80. The summed E-state index contributed by atoms with van der Waals surface area (Å²) in [5.41, 5.74) is 3.13. The lowest BCUT2D eigenvalue weighted by Crippen LogP contribution is -2.35. The highest BCUT2D eigenvalue weighted by Gasteiger charge is 2.47. The van der Waals surface area contributed by atoms with Gasteiger partial charge in [-0.15, -0.1) is 0 Å². The minimum absolute atomic E-state index is 0.0757. The summed E-state index contributed by atoms with van der Waals surface area (Å²) in [4.78, 5) is 20.3. The Morgan fingerprint density at radius 3 is 2.79 bits per heavy atom. The third-order valence-electron chi connectivity index (χ3n) is 7.12. The molecule has 0 radical (unpaired) electrons. The second kappa shape index (κ2) is 8.67. The maximum absolute atomic E-state index is 13.4. The van der Waals surface area contributed by atoms with Crippen LogP contribution in [0.3, 0.4) is 0 Å². The van der Waals surface area contributed by atoms with Gasteiger partial charge in [-0.1, -0.05) is 12.1 Å². The lowest BCUT2D eigenvalue weighted by Gasteiger charge is -2.22. The van der Waals surface area contributed by atoms with Crippen LogP contribution in [0.2, 0.25) is 0 Å². The molecular weight excluding hydrogens is 414 g/mol. The van der Waals surface area contributed by atoms with Gasteiger partial charge in [0.1, 0.15) is 18.1 Å². The number of likely N-dealkylation sites (N-methyl/N-ethyl adjacent to an activating group) is 1. The first-order chi connectivity index (χ1) is 16.0. The van der Waals surface area contributed by atoms with Gasteiger partial charge in [0, 0.05) is 29.3 Å². The average molecular weight is 446 g/mol. The molecule has 2 aromatic carbocycles. The number of hydrogen-bond donors (Lipinski definition) is 1. The Bertz CT molecular complexity index is 1190. The Hall–Kier alpha value is -3.12. The van der Waals surface area contributed by atoms with Crippen molar-refractivity contribution in [3.8, 4) is 11.5 Å². The number of carbonyl (C=O) groups is 1. The molecule has 1 saturated heterocycles. The highest BCUT2D eigenvalue weighted by molar-refractivity contribution is 5.97. The molecule has 2 heterocycles. The van der Waals surface area contributed by atoms with E-state index in [9.17, 15) is 4.79 Å². The number of nitrogens with one attached hydrogen (secondary N) is 1. The largest absolute Gasteiger partial charge is 0.497 e. The van der Waals surface area contributed by atoms with Gasteiger partial charge in [0.05, 0.1) is 18.2 Å². The van der Waals surface area contributed by atoms with E-state index in [1.807, 2.05) is 43.3 Å². The van der Waals surface area contributed by atoms with Crippen molar-refractivity contribution in [2.24, 2.45) is 0 Å². The van der Waals surface area contributed by atoms with E-state index in [1.54, 1.807) is 13.3 Å². The number of fused-ring (bicyclic) bond motifs is 1. The third-order valence-corrected chi connectivity index (χ3v) is 7.12. The van der Waals surface area contributed by atoms with E-state index >= 15 is 0 Å². The molecule has 3 aromatic rings. The van der Waals surface area contributed by atoms with Crippen LogP contribution in [0.4, 0.5) is 0 Å². The molecule has 1 aliphatic heterocycles. The number of ether oxygens (including phenoxy) is 2. The Balaban J connectivity index is 1.38. The molecule has 6 heteroatoms. The van der Waals surface area contributed by atoms with Crippen LogP contribution >= 0.6 is 0 Å². The first kappa shape index (κ1) is 21.7. The molecule has 1 amide bonds. The lowest BCUT2D eigenvalue weighted by atomic mass is 9.97. The molecule has 1 N–H and O–H groups in total. The summed E-state index contributed by atoms with van der Waals surface area (Å²) in [6.45, 7) is 3.73. The summed E-state index contributed by atoms with van der Waals surface area (Å²) in [6.07, 6.45) is 5.92. The smallest absolute Gasteiger partial charge is 0.252 e. The van der Waals surface area contributed by atoms with Crippen LogP contribution in [-0.2, 0) is 5.54 Å². The zero-order valence-corrected chi connectivity index (χ0v) is 19.6. The topological polar surface area (TPSA) is 63.7 Å². The molecule has 0 bridgehead atoms. The Morgan fingerprint density at radius 1 is 1.21 bits per heavy atom. The van der Waals surface area contributed by atoms with Crippen molar-refractivity contribution in [3.63, 3.8) is 0 Å². The summed E-state index contributed by atoms with van der Waals surface area (Å²) < 4.78 is 11.6. The quantitative estimate of drug-likeness (QED) is 0.582. The zero-order chi connectivity index (χ0) is 23.0. The number of carbonyl (C=O) groups excluding carboxylic acids is 1. The Labute approximate surface area is 194 Å². The maximum atomic E-state index is 13.4. The van der Waals surface area contributed by atoms with Crippen LogP contribution in [0.1, 0.15) is 47.2 Å². The number of amides is 1. The minimum atomic E-state index is -0.400. The number of rotatable bonds is 7. The van der Waals surface area contributed by atoms with E-state index in [-0.39, 0.29) is 5.91 Å². The third kappa shape index (κ3) is 4.27. The highest BCUT2D eigenvalue weighted by Crippen LogP contribution is 2.49. The number of aryl methyl sites for hydroxylation is 1. The molecule has 6 nitrogen and oxygen atoms in total. The molecule has 1 unspecified atom stereocenters. The fourth-order valence-corrected chi connectivity index (χ4v) is 4.86. The second-order valence-electron chi connectivity index (χ2n) is 9.35. The summed E-state index contributed by atoms with van der Waals surface area (Å²) >= 11 is 0. The molecule has 1 atom stereocenters. The molecule has 0 spiro atoms. The lowest BCUT2D eigenvalue weighted by molar-refractivity contribution is 0.0930. The number of pyridine rings is 1. The maximum Gasteiger partial charge on any atom is 0.252 e. The van der Waals surface area contributed by atoms with E-state index in [0.717, 1.165) is 59.3 Å². The van der Waals surface area contributed by atoms with Gasteiger partial charge >= 0.3 is 0 Å². The molecule has 33 heavy (non-hydrogen) atoms. The molecule has 2 aliphatic rings. The van der Waals surface area contributed by atoms with Crippen molar-refractivity contribution in [1.29, 1.82) is 0 Å². The van der Waals surface area contributed by atoms with Crippen molar-refractivity contribution in [1.82, 2.24) is 15.2 Å². The molecular formula is C27H31N3O3. The van der Waals surface area contributed by atoms with Crippen LogP contribution in [0, 0.1) is 6.92 Å². The van der Waals surface area contributed by atoms with Gasteiger partial charge in [-0.3, -0.25) is 9.78 Å². The number of likely N-dealkylation sites (tertiary alicyclic amines) is 1. The normalized spacial score (nSPS) is 19.4. The van der Waals surface area contributed by atoms with Crippen molar-refractivity contribution >= 4 is 16.8 Å². The summed E-state index contributed by atoms with van der Waals surface area (Å²) in [6, 6.07) is 14.2. The molecule has 172 valence electrons. The fraction of sp³-hybridized carbons (Fsp3) is 0.407. The standard InChI is InChI=1S/C27H31N3O3/c1-18-8-9-20(33-17-19-6-5-13-30(19)2)14-23(18)26(31)29-27(10-11-27)24-15-21(32-3)16-25-22(24)7-4-12-28-25/h4,7-9,12,14-16,19H,5-6,10-11,13,17H2,1-3H3,(H,29,31). The average Bonchev–Trinajstić information content (AvgIpc) is 3.49. The van der Waals surface area contributed by atoms with Crippen molar-refractivity contribution in [3.05, 3.63) is 65.4 Å². The van der Waals surface area contributed by atoms with E-state index in [1.165, 1.54) is 6.42 Å². The number of benzene rings is 2. The SMILES string of the molecule is COc1cc(C2(NC(=O)c3cc(OCC4CCCN4C)ccc3C)CC2)c2cccnc2c1. The summed E-state index contributed by atoms with van der Waals surface area (Å²) in [5, 5.41) is 4.38. The van der Waals surface area contributed by atoms with E-state index in [0.29, 0.717) is 18.2 Å². The predicted molar refractivity (Wildman–Crippen MR) is 129 cm³/mol. The van der Waals surface area contributed by atoms with Crippen molar-refractivity contribution in [2.75, 3.05) is 27.3 Å². The van der Waals surface area contributed by atoms with Gasteiger partial charge in [0.2, 0.25) is 0 Å². The van der Waals surface area contributed by atoms with Gasteiger partial charge < -0.3 is 19.7 Å². The molecule has 1 aliphatic carbocycles. The number of hydrogen-bond acceptors (Lipinski definition) is 5. The van der Waals surface area contributed by atoms with Gasteiger partial charge in [-0.25, -0.2) is 0 Å². The Morgan fingerprint density at radius 2 is 2.06 bits per heavy atom. The molecule has 1 aromatic heterocycles. The first-order valence-corrected chi connectivity index (χ1v) is 11.7. The van der Waals surface area contributed by atoms with Gasteiger partial charge in [-0.2, -0.15) is 0 Å². The van der Waals surface area contributed by atoms with E-state index < -0.39 is 5.54 Å².